The van der Waals surface area contributed by atoms with Crippen molar-refractivity contribution < 1.29 is 4.74 Å². The van der Waals surface area contributed by atoms with Crippen molar-refractivity contribution in [3.05, 3.63) is 24.5 Å². The monoisotopic (exact) mass is 259 g/mol. The number of hydrogen-bond donors (Lipinski definition) is 0. The molecular formula is C15H21N3O. The fourth-order valence-corrected chi connectivity index (χ4v) is 2.46. The van der Waals surface area contributed by atoms with E-state index in [0.29, 0.717) is 6.04 Å². The van der Waals surface area contributed by atoms with Crippen LogP contribution in [0, 0.1) is 5.92 Å². The van der Waals surface area contributed by atoms with E-state index in [1.807, 2.05) is 30.1 Å². The average molecular weight is 259 g/mol. The Morgan fingerprint density at radius 3 is 3.05 bits per heavy atom. The number of imidazole rings is 1. The van der Waals surface area contributed by atoms with Crippen molar-refractivity contribution in [3.63, 3.8) is 0 Å². The second-order valence-corrected chi connectivity index (χ2v) is 5.82. The van der Waals surface area contributed by atoms with Crippen LogP contribution in [-0.4, -0.2) is 40.2 Å². The lowest BCUT2D eigenvalue weighted by atomic mass is 10.2. The summed E-state index contributed by atoms with van der Waals surface area (Å²) in [7, 11) is 2.00. The van der Waals surface area contributed by atoms with E-state index >= 15 is 0 Å². The molecule has 0 bridgehead atoms. The summed E-state index contributed by atoms with van der Waals surface area (Å²) in [6.45, 7) is 7.65. The maximum absolute atomic E-state index is 5.89. The molecule has 4 heteroatoms. The van der Waals surface area contributed by atoms with Crippen molar-refractivity contribution >= 4 is 11.0 Å². The lowest BCUT2D eigenvalue weighted by Crippen LogP contribution is -2.14. The molecule has 102 valence electrons. The molecule has 0 aliphatic carbocycles. The zero-order chi connectivity index (χ0) is 13.4. The highest BCUT2D eigenvalue weighted by Crippen LogP contribution is 2.23. The second-order valence-electron chi connectivity index (χ2n) is 5.82. The van der Waals surface area contributed by atoms with Crippen LogP contribution in [0.2, 0.25) is 0 Å². The van der Waals surface area contributed by atoms with E-state index in [9.17, 15) is 0 Å². The molecule has 1 aromatic heterocycles. The van der Waals surface area contributed by atoms with Gasteiger partial charge < -0.3 is 9.30 Å². The summed E-state index contributed by atoms with van der Waals surface area (Å²) < 4.78 is 7.91. The Morgan fingerprint density at radius 1 is 1.42 bits per heavy atom. The Hall–Kier alpha value is -1.55. The van der Waals surface area contributed by atoms with Gasteiger partial charge in [-0.3, -0.25) is 4.90 Å². The van der Waals surface area contributed by atoms with Crippen molar-refractivity contribution in [1.82, 2.24) is 14.5 Å². The van der Waals surface area contributed by atoms with Crippen molar-refractivity contribution in [1.29, 1.82) is 0 Å². The van der Waals surface area contributed by atoms with Crippen LogP contribution in [-0.2, 0) is 7.05 Å². The van der Waals surface area contributed by atoms with E-state index < -0.39 is 0 Å². The molecule has 0 spiro atoms. The molecule has 2 atom stereocenters. The molecule has 1 fully saturated rings. The third kappa shape index (κ3) is 2.73. The van der Waals surface area contributed by atoms with Gasteiger partial charge in [0.15, 0.2) is 0 Å². The SMILES string of the molecule is CC(C)CN1CC1COc1ccc2ncn(C)c2c1. The number of aromatic nitrogens is 2. The summed E-state index contributed by atoms with van der Waals surface area (Å²) in [6, 6.07) is 6.69. The highest BCUT2D eigenvalue weighted by atomic mass is 16.5. The highest BCUT2D eigenvalue weighted by molar-refractivity contribution is 5.76. The van der Waals surface area contributed by atoms with Gasteiger partial charge in [-0.15, -0.1) is 0 Å². The first-order valence-corrected chi connectivity index (χ1v) is 6.91. The average Bonchev–Trinajstić information content (AvgIpc) is 3.00. The van der Waals surface area contributed by atoms with E-state index in [2.05, 4.69) is 29.8 Å². The Labute approximate surface area is 114 Å². The molecule has 0 amide bonds. The van der Waals surface area contributed by atoms with Crippen LogP contribution in [0.4, 0.5) is 0 Å². The molecule has 2 heterocycles. The van der Waals surface area contributed by atoms with Crippen molar-refractivity contribution in [2.24, 2.45) is 13.0 Å². The first kappa shape index (κ1) is 12.5. The van der Waals surface area contributed by atoms with Crippen LogP contribution in [0.15, 0.2) is 24.5 Å². The van der Waals surface area contributed by atoms with Gasteiger partial charge in [-0.05, 0) is 18.1 Å². The van der Waals surface area contributed by atoms with Crippen molar-refractivity contribution in [2.45, 2.75) is 19.9 Å². The number of benzene rings is 1. The molecule has 4 nitrogen and oxygen atoms in total. The zero-order valence-corrected chi connectivity index (χ0v) is 11.8. The van der Waals surface area contributed by atoms with E-state index in [0.717, 1.165) is 29.3 Å². The molecule has 19 heavy (non-hydrogen) atoms. The summed E-state index contributed by atoms with van der Waals surface area (Å²) in [6.07, 6.45) is 1.83. The minimum Gasteiger partial charge on any atom is -0.492 e. The van der Waals surface area contributed by atoms with Crippen LogP contribution in [0.25, 0.3) is 11.0 Å². The first-order valence-electron chi connectivity index (χ1n) is 6.91. The Balaban J connectivity index is 1.59. The minimum atomic E-state index is 0.602. The highest BCUT2D eigenvalue weighted by Gasteiger charge is 2.34. The molecule has 0 N–H and O–H groups in total. The van der Waals surface area contributed by atoms with E-state index in [-0.39, 0.29) is 0 Å². The Bertz CT molecular complexity index is 576. The van der Waals surface area contributed by atoms with Crippen LogP contribution in [0.3, 0.4) is 0 Å². The lowest BCUT2D eigenvalue weighted by Gasteiger charge is -2.08. The molecular weight excluding hydrogens is 238 g/mol. The maximum atomic E-state index is 5.89. The number of hydrogen-bond acceptors (Lipinski definition) is 3. The largest absolute Gasteiger partial charge is 0.492 e. The van der Waals surface area contributed by atoms with Crippen molar-refractivity contribution in [2.75, 3.05) is 19.7 Å². The summed E-state index contributed by atoms with van der Waals surface area (Å²) in [4.78, 5) is 6.78. The fraction of sp³-hybridized carbons (Fsp3) is 0.533. The molecule has 1 aliphatic heterocycles. The normalized spacial score (nSPS) is 22.1. The molecule has 3 rings (SSSR count). The van der Waals surface area contributed by atoms with Crippen LogP contribution in [0.5, 0.6) is 5.75 Å². The molecule has 2 unspecified atom stereocenters. The van der Waals surface area contributed by atoms with Gasteiger partial charge in [0.25, 0.3) is 0 Å². The lowest BCUT2D eigenvalue weighted by molar-refractivity contribution is 0.287. The van der Waals surface area contributed by atoms with Gasteiger partial charge in [-0.2, -0.15) is 0 Å². The predicted molar refractivity (Wildman–Crippen MR) is 76.4 cm³/mol. The minimum absolute atomic E-state index is 0.602. The number of rotatable bonds is 5. The molecule has 0 saturated carbocycles. The summed E-state index contributed by atoms with van der Waals surface area (Å²) in [5.74, 6) is 1.67. The standard InChI is InChI=1S/C15H21N3O/c1-11(2)7-18-8-12(18)9-19-13-4-5-14-15(6-13)17(3)10-16-14/h4-6,10-12H,7-9H2,1-3H3. The molecule has 0 radical (unpaired) electrons. The molecule has 1 saturated heterocycles. The van der Waals surface area contributed by atoms with E-state index in [4.69, 9.17) is 4.74 Å². The Kier molecular flexibility index (Phi) is 3.19. The van der Waals surface area contributed by atoms with Gasteiger partial charge in [-0.25, -0.2) is 4.98 Å². The molecule has 1 aliphatic rings. The van der Waals surface area contributed by atoms with Crippen LogP contribution >= 0.6 is 0 Å². The fourth-order valence-electron chi connectivity index (χ4n) is 2.46. The second kappa shape index (κ2) is 4.85. The van der Waals surface area contributed by atoms with Crippen molar-refractivity contribution in [3.8, 4) is 5.75 Å². The van der Waals surface area contributed by atoms with Gasteiger partial charge in [-0.1, -0.05) is 13.8 Å². The summed E-state index contributed by atoms with van der Waals surface area (Å²) in [5.41, 5.74) is 2.13. The quantitative estimate of drug-likeness (QED) is 0.772. The number of nitrogens with zero attached hydrogens (tertiary/aromatic N) is 3. The number of ether oxygens (including phenoxy) is 1. The van der Waals surface area contributed by atoms with Gasteiger partial charge in [0, 0.05) is 26.2 Å². The smallest absolute Gasteiger partial charge is 0.121 e. The van der Waals surface area contributed by atoms with Gasteiger partial charge in [0.1, 0.15) is 12.4 Å². The predicted octanol–water partition coefficient (Wildman–Crippen LogP) is 2.29. The van der Waals surface area contributed by atoms with E-state index in [1.54, 1.807) is 0 Å². The molecule has 1 aromatic carbocycles. The zero-order valence-electron chi connectivity index (χ0n) is 11.8. The van der Waals surface area contributed by atoms with E-state index in [1.165, 1.54) is 13.1 Å². The third-order valence-corrected chi connectivity index (χ3v) is 3.57. The Morgan fingerprint density at radius 2 is 2.26 bits per heavy atom. The third-order valence-electron chi connectivity index (χ3n) is 3.57. The number of aryl methyl sites for hydroxylation is 1. The van der Waals surface area contributed by atoms with Crippen LogP contribution < -0.4 is 4.74 Å². The first-order chi connectivity index (χ1) is 9.13. The van der Waals surface area contributed by atoms with Gasteiger partial charge in [0.2, 0.25) is 0 Å². The van der Waals surface area contributed by atoms with Gasteiger partial charge >= 0.3 is 0 Å². The topological polar surface area (TPSA) is 30.1 Å². The summed E-state index contributed by atoms with van der Waals surface area (Å²) >= 11 is 0. The molecule has 2 aromatic rings. The maximum Gasteiger partial charge on any atom is 0.121 e. The number of fused-ring (bicyclic) bond motifs is 1. The summed E-state index contributed by atoms with van der Waals surface area (Å²) in [5, 5.41) is 0. The van der Waals surface area contributed by atoms with Gasteiger partial charge in [0.05, 0.1) is 23.4 Å². The van der Waals surface area contributed by atoms with Crippen LogP contribution in [0.1, 0.15) is 13.8 Å².